The summed E-state index contributed by atoms with van der Waals surface area (Å²) < 4.78 is 1.73. The van der Waals surface area contributed by atoms with Gasteiger partial charge in [0.25, 0.3) is 5.95 Å². The first kappa shape index (κ1) is 19.4. The van der Waals surface area contributed by atoms with Crippen molar-refractivity contribution in [1.82, 2.24) is 14.8 Å². The summed E-state index contributed by atoms with van der Waals surface area (Å²) in [6.45, 7) is 0. The van der Waals surface area contributed by atoms with E-state index in [1.165, 1.54) is 0 Å². The molecule has 1 aliphatic heterocycles. The highest BCUT2D eigenvalue weighted by Crippen LogP contribution is 2.33. The number of hydrogen-bond donors (Lipinski definition) is 3. The lowest BCUT2D eigenvalue weighted by atomic mass is 10.0. The van der Waals surface area contributed by atoms with E-state index in [-0.39, 0.29) is 37.2 Å². The molecule has 0 radical (unpaired) electrons. The molecule has 0 saturated carbocycles. The number of aromatic nitrogens is 3. The molecule has 8 heteroatoms. The van der Waals surface area contributed by atoms with Crippen molar-refractivity contribution in [1.29, 1.82) is 0 Å². The van der Waals surface area contributed by atoms with Crippen molar-refractivity contribution >= 4 is 29.5 Å². The van der Waals surface area contributed by atoms with E-state index in [0.29, 0.717) is 5.95 Å². The number of benzene rings is 2. The van der Waals surface area contributed by atoms with Crippen LogP contribution < -0.4 is 10.6 Å². The zero-order valence-corrected chi connectivity index (χ0v) is 16.2. The standard InChI is InChI=1S/C22H21N5O3/c28-19(12-7-13-20(29)30)24-21-25-22-23-17(15-8-3-1-4-9-15)14-18(27(22)26-21)16-10-5-2-6-11-16/h1-6,8-11,14,18H,7,12-13H2,(H,29,30)(H2,23,24,25,26,28)/t18-/m0/s1. The Morgan fingerprint density at radius 2 is 1.73 bits per heavy atom. The molecule has 0 fully saturated rings. The molecule has 30 heavy (non-hydrogen) atoms. The van der Waals surface area contributed by atoms with E-state index in [9.17, 15) is 9.59 Å². The number of fused-ring (bicyclic) bond motifs is 1. The summed E-state index contributed by atoms with van der Waals surface area (Å²) in [6, 6.07) is 19.7. The van der Waals surface area contributed by atoms with Gasteiger partial charge in [0.15, 0.2) is 0 Å². The average Bonchev–Trinajstić information content (AvgIpc) is 3.16. The number of carbonyl (C=O) groups is 2. The van der Waals surface area contributed by atoms with E-state index in [1.807, 2.05) is 60.7 Å². The maximum Gasteiger partial charge on any atom is 0.303 e. The van der Waals surface area contributed by atoms with Crippen molar-refractivity contribution in [3.8, 4) is 0 Å². The van der Waals surface area contributed by atoms with E-state index >= 15 is 0 Å². The smallest absolute Gasteiger partial charge is 0.303 e. The zero-order valence-electron chi connectivity index (χ0n) is 16.2. The average molecular weight is 403 g/mol. The number of carboxylic acids is 1. The van der Waals surface area contributed by atoms with Gasteiger partial charge < -0.3 is 10.4 Å². The Labute approximate surface area is 173 Å². The van der Waals surface area contributed by atoms with Crippen LogP contribution in [0.5, 0.6) is 0 Å². The van der Waals surface area contributed by atoms with Gasteiger partial charge in [-0.15, -0.1) is 5.10 Å². The second kappa shape index (κ2) is 8.60. The molecule has 1 aliphatic rings. The fourth-order valence-electron chi connectivity index (χ4n) is 3.31. The SMILES string of the molecule is O=C(O)CCCC(=O)Nc1nc2n(n1)[C@H](c1ccccc1)C=C(c1ccccc1)N2. The Bertz CT molecular complexity index is 1080. The molecule has 2 heterocycles. The first-order chi connectivity index (χ1) is 14.6. The second-order valence-corrected chi connectivity index (χ2v) is 6.93. The Balaban J connectivity index is 1.60. The maximum atomic E-state index is 12.1. The minimum Gasteiger partial charge on any atom is -0.481 e. The number of carboxylic acid groups (broad SMARTS) is 1. The molecule has 0 bridgehead atoms. The second-order valence-electron chi connectivity index (χ2n) is 6.93. The summed E-state index contributed by atoms with van der Waals surface area (Å²) in [5.41, 5.74) is 2.97. The molecule has 1 amide bonds. The molecule has 4 rings (SSSR count). The first-order valence-corrected chi connectivity index (χ1v) is 9.67. The van der Waals surface area contributed by atoms with Gasteiger partial charge in [0.1, 0.15) is 6.04 Å². The minimum absolute atomic E-state index is 0.0530. The number of rotatable bonds is 7. The number of carbonyl (C=O) groups excluding carboxylic acids is 1. The van der Waals surface area contributed by atoms with Crippen LogP contribution in [0.2, 0.25) is 0 Å². The van der Waals surface area contributed by atoms with Gasteiger partial charge in [-0.3, -0.25) is 14.9 Å². The molecule has 0 saturated heterocycles. The van der Waals surface area contributed by atoms with Crippen molar-refractivity contribution < 1.29 is 14.7 Å². The molecule has 8 nitrogen and oxygen atoms in total. The molecule has 0 spiro atoms. The molecule has 1 atom stereocenters. The highest BCUT2D eigenvalue weighted by molar-refractivity contribution is 5.89. The lowest BCUT2D eigenvalue weighted by Gasteiger charge is -2.24. The molecule has 3 N–H and O–H groups in total. The third kappa shape index (κ3) is 4.38. The van der Waals surface area contributed by atoms with E-state index in [0.717, 1.165) is 16.8 Å². The van der Waals surface area contributed by atoms with Gasteiger partial charge in [0.2, 0.25) is 11.9 Å². The largest absolute Gasteiger partial charge is 0.481 e. The Morgan fingerprint density at radius 3 is 2.43 bits per heavy atom. The number of nitrogens with one attached hydrogen (secondary N) is 2. The quantitative estimate of drug-likeness (QED) is 0.557. The van der Waals surface area contributed by atoms with E-state index in [4.69, 9.17) is 5.11 Å². The van der Waals surface area contributed by atoms with Gasteiger partial charge in [-0.1, -0.05) is 60.7 Å². The number of allylic oxidation sites excluding steroid dienone is 1. The molecule has 0 aliphatic carbocycles. The molecular weight excluding hydrogens is 382 g/mol. The Morgan fingerprint density at radius 1 is 1.03 bits per heavy atom. The zero-order chi connectivity index (χ0) is 20.9. The van der Waals surface area contributed by atoms with Crippen LogP contribution in [0.25, 0.3) is 5.70 Å². The lowest BCUT2D eigenvalue weighted by Crippen LogP contribution is -2.20. The monoisotopic (exact) mass is 403 g/mol. The molecular formula is C22H21N5O3. The molecule has 0 unspecified atom stereocenters. The van der Waals surface area contributed by atoms with Gasteiger partial charge in [0, 0.05) is 18.5 Å². The summed E-state index contributed by atoms with van der Waals surface area (Å²) in [4.78, 5) is 27.2. The number of hydrogen-bond acceptors (Lipinski definition) is 5. The van der Waals surface area contributed by atoms with Crippen LogP contribution in [0.1, 0.15) is 36.4 Å². The van der Waals surface area contributed by atoms with E-state index in [2.05, 4.69) is 26.8 Å². The van der Waals surface area contributed by atoms with Crippen molar-refractivity contribution in [3.63, 3.8) is 0 Å². The van der Waals surface area contributed by atoms with Crippen LogP contribution in [0.4, 0.5) is 11.9 Å². The van der Waals surface area contributed by atoms with Crippen LogP contribution in [-0.2, 0) is 9.59 Å². The Hall–Kier alpha value is -3.94. The van der Waals surface area contributed by atoms with Gasteiger partial charge >= 0.3 is 5.97 Å². The third-order valence-electron chi connectivity index (χ3n) is 4.74. The van der Waals surface area contributed by atoms with Gasteiger partial charge in [-0.05, 0) is 23.6 Å². The van der Waals surface area contributed by atoms with Crippen molar-refractivity contribution in [2.24, 2.45) is 0 Å². The van der Waals surface area contributed by atoms with Gasteiger partial charge in [-0.25, -0.2) is 4.68 Å². The normalized spacial score (nSPS) is 14.9. The van der Waals surface area contributed by atoms with E-state index in [1.54, 1.807) is 4.68 Å². The maximum absolute atomic E-state index is 12.1. The number of aliphatic carboxylic acids is 1. The highest BCUT2D eigenvalue weighted by atomic mass is 16.4. The van der Waals surface area contributed by atoms with Crippen LogP contribution in [0.3, 0.4) is 0 Å². The summed E-state index contributed by atoms with van der Waals surface area (Å²) >= 11 is 0. The number of nitrogens with zero attached hydrogens (tertiary/aromatic N) is 3. The molecule has 1 aromatic heterocycles. The third-order valence-corrected chi connectivity index (χ3v) is 4.74. The lowest BCUT2D eigenvalue weighted by molar-refractivity contribution is -0.137. The number of amides is 1. The first-order valence-electron chi connectivity index (χ1n) is 9.67. The van der Waals surface area contributed by atoms with Gasteiger partial charge in [-0.2, -0.15) is 4.98 Å². The summed E-state index contributed by atoms with van der Waals surface area (Å²) in [5.74, 6) is -0.535. The fraction of sp³-hybridized carbons (Fsp3) is 0.182. The number of anilines is 2. The van der Waals surface area contributed by atoms with Crippen LogP contribution >= 0.6 is 0 Å². The van der Waals surface area contributed by atoms with Crippen LogP contribution in [-0.4, -0.2) is 31.7 Å². The van der Waals surface area contributed by atoms with Crippen molar-refractivity contribution in [2.45, 2.75) is 25.3 Å². The minimum atomic E-state index is -0.923. The summed E-state index contributed by atoms with van der Waals surface area (Å²) in [7, 11) is 0. The van der Waals surface area contributed by atoms with E-state index < -0.39 is 5.97 Å². The van der Waals surface area contributed by atoms with Gasteiger partial charge in [0.05, 0.1) is 0 Å². The molecule has 3 aromatic rings. The van der Waals surface area contributed by atoms with Crippen LogP contribution in [0, 0.1) is 0 Å². The Kier molecular flexibility index (Phi) is 5.56. The highest BCUT2D eigenvalue weighted by Gasteiger charge is 2.25. The summed E-state index contributed by atoms with van der Waals surface area (Å²) in [5, 5.41) is 19.1. The van der Waals surface area contributed by atoms with Crippen molar-refractivity contribution in [3.05, 3.63) is 77.9 Å². The topological polar surface area (TPSA) is 109 Å². The fourth-order valence-corrected chi connectivity index (χ4v) is 3.31. The molecule has 2 aromatic carbocycles. The molecule has 152 valence electrons. The summed E-state index contributed by atoms with van der Waals surface area (Å²) in [6.07, 6.45) is 2.38. The van der Waals surface area contributed by atoms with Crippen molar-refractivity contribution in [2.75, 3.05) is 10.6 Å². The predicted octanol–water partition coefficient (Wildman–Crippen LogP) is 3.53. The van der Waals surface area contributed by atoms with Crippen LogP contribution in [0.15, 0.2) is 66.7 Å². The predicted molar refractivity (Wildman–Crippen MR) is 113 cm³/mol.